The lowest BCUT2D eigenvalue weighted by Crippen LogP contribution is -2.37. The van der Waals surface area contributed by atoms with Gasteiger partial charge in [-0.25, -0.2) is 0 Å². The summed E-state index contributed by atoms with van der Waals surface area (Å²) in [5.41, 5.74) is 18.1. The van der Waals surface area contributed by atoms with Crippen LogP contribution in [0.4, 0.5) is 34.1 Å². The molecule has 0 atom stereocenters. The highest BCUT2D eigenvalue weighted by molar-refractivity contribution is 5.94. The van der Waals surface area contributed by atoms with E-state index < -0.39 is 5.41 Å². The van der Waals surface area contributed by atoms with Crippen LogP contribution in [0.1, 0.15) is 22.3 Å². The normalized spacial score (nSPS) is 12.5. The summed E-state index contributed by atoms with van der Waals surface area (Å²) in [5, 5.41) is 0. The molecule has 0 unspecified atom stereocenters. The predicted octanol–water partition coefficient (Wildman–Crippen LogP) is 16.3. The Kier molecular flexibility index (Phi) is 9.80. The molecule has 2 heteroatoms. The Balaban J connectivity index is 1.13. The molecule has 2 nitrogen and oxygen atoms in total. The van der Waals surface area contributed by atoms with Crippen molar-refractivity contribution in [3.8, 4) is 33.4 Å². The lowest BCUT2D eigenvalue weighted by molar-refractivity contribution is 0.731. The molecule has 0 saturated heterocycles. The van der Waals surface area contributed by atoms with Crippen LogP contribution in [-0.2, 0) is 5.41 Å². The SMILES string of the molecule is c1ccc(-c2ccc(N(c3ccc(-c4ccccc4)cc3)c3ccccc3-c3ccc4c(c3)N(c3ccccc3)c3ccccc3C4(c3ccccc3)c3ccccc3)cc2)cc1. The molecule has 298 valence electrons. The standard InChI is InChI=1S/C61H44N2/c1-6-20-45(21-7-1)47-34-39-53(40-35-47)62(54-41-36-48(37-42-54)46-22-8-2-9-23-46)58-32-18-16-30-55(58)49-38-43-57-60(44-49)63(52-28-14-5-15-29-52)59-33-19-17-31-56(59)61(57,50-24-10-3-11-25-50)51-26-12-4-13-27-51/h1-44H. The van der Waals surface area contributed by atoms with Gasteiger partial charge in [0, 0.05) is 22.6 Å². The summed E-state index contributed by atoms with van der Waals surface area (Å²) in [4.78, 5) is 4.87. The van der Waals surface area contributed by atoms with Gasteiger partial charge in [-0.3, -0.25) is 0 Å². The fourth-order valence-electron chi connectivity index (χ4n) is 9.69. The molecule has 0 fully saturated rings. The number of hydrogen-bond acceptors (Lipinski definition) is 2. The first-order chi connectivity index (χ1) is 31.3. The van der Waals surface area contributed by atoms with E-state index in [0.29, 0.717) is 0 Å². The fraction of sp³-hybridized carbons (Fsp3) is 0.0164. The number of anilines is 6. The third-order valence-electron chi connectivity index (χ3n) is 12.5. The Hall–Kier alpha value is -8.20. The van der Waals surface area contributed by atoms with E-state index in [2.05, 4.69) is 277 Å². The molecule has 0 radical (unpaired) electrons. The zero-order valence-corrected chi connectivity index (χ0v) is 34.8. The Labute approximate surface area is 370 Å². The first-order valence-corrected chi connectivity index (χ1v) is 21.7. The molecule has 63 heavy (non-hydrogen) atoms. The zero-order valence-electron chi connectivity index (χ0n) is 34.8. The molecule has 10 aromatic rings. The summed E-state index contributed by atoms with van der Waals surface area (Å²) < 4.78 is 0. The molecule has 0 aromatic heterocycles. The minimum absolute atomic E-state index is 0.579. The van der Waals surface area contributed by atoms with Crippen molar-refractivity contribution in [3.63, 3.8) is 0 Å². The zero-order chi connectivity index (χ0) is 42.0. The fourth-order valence-corrected chi connectivity index (χ4v) is 9.69. The Morgan fingerprint density at radius 2 is 0.714 bits per heavy atom. The van der Waals surface area contributed by atoms with Crippen molar-refractivity contribution in [2.75, 3.05) is 9.80 Å². The van der Waals surface area contributed by atoms with Crippen LogP contribution >= 0.6 is 0 Å². The average molecular weight is 805 g/mol. The average Bonchev–Trinajstić information content (AvgIpc) is 3.37. The second kappa shape index (κ2) is 16.3. The maximum Gasteiger partial charge on any atom is 0.0742 e. The highest BCUT2D eigenvalue weighted by atomic mass is 15.2. The summed E-state index contributed by atoms with van der Waals surface area (Å²) in [6.07, 6.45) is 0. The number of nitrogens with zero attached hydrogens (tertiary/aromatic N) is 2. The highest BCUT2D eigenvalue weighted by Crippen LogP contribution is 2.58. The number of hydrogen-bond donors (Lipinski definition) is 0. The maximum absolute atomic E-state index is 2.46. The number of benzene rings is 10. The molecular formula is C61H44N2. The van der Waals surface area contributed by atoms with Gasteiger partial charge in [0.1, 0.15) is 0 Å². The lowest BCUT2D eigenvalue weighted by Gasteiger charge is -2.46. The molecule has 1 aliphatic heterocycles. The van der Waals surface area contributed by atoms with E-state index in [1.807, 2.05) is 0 Å². The first kappa shape index (κ1) is 37.8. The summed E-state index contributed by atoms with van der Waals surface area (Å²) in [5.74, 6) is 0. The van der Waals surface area contributed by atoms with Crippen molar-refractivity contribution in [3.05, 3.63) is 289 Å². The van der Waals surface area contributed by atoms with E-state index in [4.69, 9.17) is 0 Å². The van der Waals surface area contributed by atoms with E-state index in [0.717, 1.165) is 45.3 Å². The van der Waals surface area contributed by atoms with Gasteiger partial charge >= 0.3 is 0 Å². The molecule has 0 saturated carbocycles. The van der Waals surface area contributed by atoms with Crippen LogP contribution in [0.5, 0.6) is 0 Å². The minimum Gasteiger partial charge on any atom is -0.310 e. The van der Waals surface area contributed by atoms with E-state index in [1.165, 1.54) is 44.5 Å². The van der Waals surface area contributed by atoms with Crippen LogP contribution in [0.15, 0.2) is 267 Å². The Bertz CT molecular complexity index is 3010. The molecule has 10 aromatic carbocycles. The molecule has 0 bridgehead atoms. The van der Waals surface area contributed by atoms with Crippen LogP contribution < -0.4 is 9.80 Å². The largest absolute Gasteiger partial charge is 0.310 e. The van der Waals surface area contributed by atoms with Gasteiger partial charge in [0.05, 0.1) is 22.5 Å². The van der Waals surface area contributed by atoms with Crippen molar-refractivity contribution >= 4 is 34.1 Å². The summed E-state index contributed by atoms with van der Waals surface area (Å²) in [7, 11) is 0. The second-order valence-corrected chi connectivity index (χ2v) is 16.1. The number of rotatable bonds is 9. The lowest BCUT2D eigenvalue weighted by atomic mass is 9.62. The van der Waals surface area contributed by atoms with Gasteiger partial charge in [0.2, 0.25) is 0 Å². The summed E-state index contributed by atoms with van der Waals surface area (Å²) in [6, 6.07) is 97.0. The van der Waals surface area contributed by atoms with Crippen LogP contribution in [-0.4, -0.2) is 0 Å². The summed E-state index contributed by atoms with van der Waals surface area (Å²) in [6.45, 7) is 0. The second-order valence-electron chi connectivity index (χ2n) is 16.1. The van der Waals surface area contributed by atoms with Gasteiger partial charge in [-0.2, -0.15) is 0 Å². The van der Waals surface area contributed by atoms with Gasteiger partial charge in [0.25, 0.3) is 0 Å². The van der Waals surface area contributed by atoms with Crippen LogP contribution in [0.3, 0.4) is 0 Å². The molecule has 0 N–H and O–H groups in total. The van der Waals surface area contributed by atoms with E-state index in [-0.39, 0.29) is 0 Å². The van der Waals surface area contributed by atoms with Gasteiger partial charge in [-0.15, -0.1) is 0 Å². The van der Waals surface area contributed by atoms with Gasteiger partial charge in [-0.1, -0.05) is 212 Å². The number of fused-ring (bicyclic) bond motifs is 2. The van der Waals surface area contributed by atoms with E-state index in [9.17, 15) is 0 Å². The maximum atomic E-state index is 2.46. The van der Waals surface area contributed by atoms with Crippen molar-refractivity contribution in [2.24, 2.45) is 0 Å². The van der Waals surface area contributed by atoms with E-state index in [1.54, 1.807) is 0 Å². The van der Waals surface area contributed by atoms with Crippen molar-refractivity contribution in [2.45, 2.75) is 5.41 Å². The van der Waals surface area contributed by atoms with Gasteiger partial charge in [0.15, 0.2) is 0 Å². The number of para-hydroxylation sites is 3. The molecule has 0 aliphatic carbocycles. The molecule has 1 heterocycles. The van der Waals surface area contributed by atoms with Gasteiger partial charge < -0.3 is 9.80 Å². The van der Waals surface area contributed by atoms with Crippen molar-refractivity contribution in [1.82, 2.24) is 0 Å². The van der Waals surface area contributed by atoms with Crippen molar-refractivity contribution < 1.29 is 0 Å². The topological polar surface area (TPSA) is 6.48 Å². The van der Waals surface area contributed by atoms with Crippen LogP contribution in [0, 0.1) is 0 Å². The quantitative estimate of drug-likeness (QED) is 0.143. The van der Waals surface area contributed by atoms with E-state index >= 15 is 0 Å². The minimum atomic E-state index is -0.579. The summed E-state index contributed by atoms with van der Waals surface area (Å²) >= 11 is 0. The Morgan fingerprint density at radius 3 is 1.27 bits per heavy atom. The predicted molar refractivity (Wildman–Crippen MR) is 264 cm³/mol. The third kappa shape index (κ3) is 6.70. The third-order valence-corrected chi connectivity index (χ3v) is 12.5. The smallest absolute Gasteiger partial charge is 0.0742 e. The van der Waals surface area contributed by atoms with Crippen LogP contribution in [0.25, 0.3) is 33.4 Å². The molecule has 11 rings (SSSR count). The molecular weight excluding hydrogens is 761 g/mol. The first-order valence-electron chi connectivity index (χ1n) is 21.7. The molecule has 0 amide bonds. The molecule has 1 aliphatic rings. The van der Waals surface area contributed by atoms with Crippen molar-refractivity contribution in [1.29, 1.82) is 0 Å². The highest BCUT2D eigenvalue weighted by Gasteiger charge is 2.46. The monoisotopic (exact) mass is 804 g/mol. The Morgan fingerprint density at radius 1 is 0.302 bits per heavy atom. The molecule has 0 spiro atoms. The van der Waals surface area contributed by atoms with Crippen LogP contribution in [0.2, 0.25) is 0 Å². The van der Waals surface area contributed by atoms with Gasteiger partial charge in [-0.05, 0) is 105 Å².